The van der Waals surface area contributed by atoms with Crippen LogP contribution in [0, 0.1) is 0 Å². The molecule has 0 saturated heterocycles. The lowest BCUT2D eigenvalue weighted by molar-refractivity contribution is 0.793. The maximum absolute atomic E-state index is 4.23. The highest BCUT2D eigenvalue weighted by molar-refractivity contribution is 5.69. The maximum atomic E-state index is 4.23. The Bertz CT molecular complexity index is 446. The van der Waals surface area contributed by atoms with Crippen molar-refractivity contribution >= 4 is 0 Å². The zero-order valence-corrected chi connectivity index (χ0v) is 8.48. The molecule has 74 valence electrons. The van der Waals surface area contributed by atoms with E-state index in [1.165, 1.54) is 23.1 Å². The van der Waals surface area contributed by atoms with Crippen molar-refractivity contribution < 1.29 is 0 Å². The van der Waals surface area contributed by atoms with Gasteiger partial charge < -0.3 is 0 Å². The van der Waals surface area contributed by atoms with Crippen LogP contribution in [0.2, 0.25) is 0 Å². The Morgan fingerprint density at radius 2 is 1.87 bits per heavy atom. The van der Waals surface area contributed by atoms with E-state index in [-0.39, 0.29) is 0 Å². The lowest BCUT2D eigenvalue weighted by atomic mass is 10.00. The number of hydrogen-bond acceptors (Lipinski definition) is 2. The zero-order chi connectivity index (χ0) is 10.1. The minimum absolute atomic E-state index is 1.04. The number of fused-ring (bicyclic) bond motifs is 3. The molecule has 0 saturated carbocycles. The molecule has 1 aliphatic rings. The molecule has 2 heteroatoms. The first-order chi connectivity index (χ1) is 7.45. The van der Waals surface area contributed by atoms with E-state index in [1.807, 2.05) is 0 Å². The smallest absolute Gasteiger partial charge is 0.0709 e. The zero-order valence-electron chi connectivity index (χ0n) is 8.48. The van der Waals surface area contributed by atoms with E-state index in [9.17, 15) is 0 Å². The lowest BCUT2D eigenvalue weighted by Gasteiger charge is -2.06. The van der Waals surface area contributed by atoms with Gasteiger partial charge in [0.25, 0.3) is 0 Å². The molecule has 0 radical (unpaired) electrons. The van der Waals surface area contributed by atoms with Crippen LogP contribution in [-0.2, 0) is 12.8 Å². The van der Waals surface area contributed by atoms with Crippen molar-refractivity contribution in [2.75, 3.05) is 0 Å². The second-order valence-electron chi connectivity index (χ2n) is 3.90. The summed E-state index contributed by atoms with van der Waals surface area (Å²) in [4.78, 5) is 0. The fourth-order valence-corrected chi connectivity index (χ4v) is 2.24. The molecule has 0 spiro atoms. The van der Waals surface area contributed by atoms with E-state index in [1.54, 1.807) is 6.20 Å². The minimum atomic E-state index is 1.04. The van der Waals surface area contributed by atoms with Crippen LogP contribution in [-0.4, -0.2) is 10.2 Å². The molecule has 3 rings (SSSR count). The van der Waals surface area contributed by atoms with Crippen LogP contribution in [0.3, 0.4) is 0 Å². The molecular formula is C13H12N2. The van der Waals surface area contributed by atoms with Crippen molar-refractivity contribution in [3.8, 4) is 11.1 Å². The first kappa shape index (κ1) is 8.60. The number of aromatic nitrogens is 2. The van der Waals surface area contributed by atoms with Crippen LogP contribution in [0.4, 0.5) is 0 Å². The summed E-state index contributed by atoms with van der Waals surface area (Å²) in [6, 6.07) is 10.7. The molecule has 0 bridgehead atoms. The van der Waals surface area contributed by atoms with Crippen LogP contribution < -0.4 is 0 Å². The summed E-state index contributed by atoms with van der Waals surface area (Å²) < 4.78 is 0. The van der Waals surface area contributed by atoms with E-state index in [2.05, 4.69) is 40.5 Å². The molecule has 0 amide bonds. The second-order valence-corrected chi connectivity index (χ2v) is 3.90. The van der Waals surface area contributed by atoms with Gasteiger partial charge in [0.15, 0.2) is 0 Å². The van der Waals surface area contributed by atoms with Gasteiger partial charge in [-0.05, 0) is 36.5 Å². The van der Waals surface area contributed by atoms with Gasteiger partial charge in [0.05, 0.1) is 11.9 Å². The predicted molar refractivity (Wildman–Crippen MR) is 59.5 cm³/mol. The van der Waals surface area contributed by atoms with E-state index < -0.39 is 0 Å². The van der Waals surface area contributed by atoms with Gasteiger partial charge >= 0.3 is 0 Å². The number of hydrogen-bond donors (Lipinski definition) is 0. The number of aryl methyl sites for hydroxylation is 2. The van der Waals surface area contributed by atoms with Gasteiger partial charge in [-0.25, -0.2) is 0 Å². The molecule has 0 N–H and O–H groups in total. The van der Waals surface area contributed by atoms with Gasteiger partial charge in [0.2, 0.25) is 0 Å². The van der Waals surface area contributed by atoms with Crippen molar-refractivity contribution in [1.29, 1.82) is 0 Å². The standard InChI is InChI=1S/C13H12N2/c1-2-6-11-10(4-1)5-3-7-13-12(11)8-9-14-15-13/h1-2,4,6,8-9H,3,5,7H2. The second kappa shape index (κ2) is 3.46. The predicted octanol–water partition coefficient (Wildman–Crippen LogP) is 2.63. The summed E-state index contributed by atoms with van der Waals surface area (Å²) in [6.45, 7) is 0. The Morgan fingerprint density at radius 3 is 2.87 bits per heavy atom. The minimum Gasteiger partial charge on any atom is -0.159 e. The van der Waals surface area contributed by atoms with Gasteiger partial charge in [-0.1, -0.05) is 24.3 Å². The summed E-state index contributed by atoms with van der Waals surface area (Å²) in [5.41, 5.74) is 5.17. The third-order valence-corrected chi connectivity index (χ3v) is 2.96. The highest BCUT2D eigenvalue weighted by Crippen LogP contribution is 2.30. The molecule has 2 aromatic rings. The van der Waals surface area contributed by atoms with Crippen LogP contribution in [0.15, 0.2) is 36.5 Å². The van der Waals surface area contributed by atoms with E-state index in [0.29, 0.717) is 0 Å². The number of nitrogens with zero attached hydrogens (tertiary/aromatic N) is 2. The molecule has 1 heterocycles. The lowest BCUT2D eigenvalue weighted by Crippen LogP contribution is -1.93. The molecular weight excluding hydrogens is 184 g/mol. The van der Waals surface area contributed by atoms with Gasteiger partial charge in [0, 0.05) is 5.56 Å². The van der Waals surface area contributed by atoms with Crippen molar-refractivity contribution in [2.24, 2.45) is 0 Å². The normalized spacial score (nSPS) is 13.9. The Labute approximate surface area is 89.0 Å². The first-order valence-electron chi connectivity index (χ1n) is 5.34. The SMILES string of the molecule is c1ccc2c(c1)CCCc1nnccc1-2. The number of benzene rings is 1. The molecule has 0 aliphatic heterocycles. The number of rotatable bonds is 0. The quantitative estimate of drug-likeness (QED) is 0.647. The Morgan fingerprint density at radius 1 is 0.933 bits per heavy atom. The molecule has 2 nitrogen and oxygen atoms in total. The van der Waals surface area contributed by atoms with Gasteiger partial charge in [-0.3, -0.25) is 0 Å². The van der Waals surface area contributed by atoms with Crippen LogP contribution >= 0.6 is 0 Å². The Kier molecular flexibility index (Phi) is 1.98. The molecule has 1 aromatic carbocycles. The van der Waals surface area contributed by atoms with Crippen molar-refractivity contribution in [3.05, 3.63) is 47.8 Å². The summed E-state index contributed by atoms with van der Waals surface area (Å²) in [6.07, 6.45) is 5.13. The molecule has 0 atom stereocenters. The van der Waals surface area contributed by atoms with Crippen LogP contribution in [0.1, 0.15) is 17.7 Å². The Balaban J connectivity index is 2.27. The third kappa shape index (κ3) is 1.42. The molecule has 0 unspecified atom stereocenters. The van der Waals surface area contributed by atoms with E-state index in [4.69, 9.17) is 0 Å². The maximum Gasteiger partial charge on any atom is 0.0709 e. The fourth-order valence-electron chi connectivity index (χ4n) is 2.24. The average Bonchev–Trinajstić information content (AvgIpc) is 2.48. The van der Waals surface area contributed by atoms with Crippen LogP contribution in [0.25, 0.3) is 11.1 Å². The van der Waals surface area contributed by atoms with Crippen molar-refractivity contribution in [1.82, 2.24) is 10.2 Å². The van der Waals surface area contributed by atoms with Gasteiger partial charge in [0.1, 0.15) is 0 Å². The molecule has 15 heavy (non-hydrogen) atoms. The summed E-state index contributed by atoms with van der Waals surface area (Å²) >= 11 is 0. The van der Waals surface area contributed by atoms with E-state index in [0.717, 1.165) is 18.5 Å². The summed E-state index contributed by atoms with van der Waals surface area (Å²) in [5, 5.41) is 8.19. The fraction of sp³-hybridized carbons (Fsp3) is 0.231. The highest BCUT2D eigenvalue weighted by atomic mass is 15.1. The molecule has 1 aliphatic carbocycles. The Hall–Kier alpha value is -1.70. The van der Waals surface area contributed by atoms with E-state index >= 15 is 0 Å². The topological polar surface area (TPSA) is 25.8 Å². The molecule has 1 aromatic heterocycles. The summed E-state index contributed by atoms with van der Waals surface area (Å²) in [5.74, 6) is 0. The van der Waals surface area contributed by atoms with Crippen LogP contribution in [0.5, 0.6) is 0 Å². The highest BCUT2D eigenvalue weighted by Gasteiger charge is 2.14. The monoisotopic (exact) mass is 196 g/mol. The van der Waals surface area contributed by atoms with Gasteiger partial charge in [-0.15, -0.1) is 0 Å². The summed E-state index contributed by atoms with van der Waals surface area (Å²) in [7, 11) is 0. The van der Waals surface area contributed by atoms with Crippen molar-refractivity contribution in [3.63, 3.8) is 0 Å². The third-order valence-electron chi connectivity index (χ3n) is 2.96. The molecule has 0 fully saturated rings. The average molecular weight is 196 g/mol. The largest absolute Gasteiger partial charge is 0.159 e. The van der Waals surface area contributed by atoms with Gasteiger partial charge in [-0.2, -0.15) is 10.2 Å². The van der Waals surface area contributed by atoms with Crippen molar-refractivity contribution in [2.45, 2.75) is 19.3 Å². The first-order valence-corrected chi connectivity index (χ1v) is 5.34.